The molecule has 0 bridgehead atoms. The second kappa shape index (κ2) is 6.40. The quantitative estimate of drug-likeness (QED) is 0.821. The summed E-state index contributed by atoms with van der Waals surface area (Å²) in [5.41, 5.74) is 6.98. The highest BCUT2D eigenvalue weighted by Gasteiger charge is 2.20. The highest BCUT2D eigenvalue weighted by molar-refractivity contribution is 5.82. The van der Waals surface area contributed by atoms with E-state index in [0.717, 1.165) is 12.0 Å². The first-order valence-electron chi connectivity index (χ1n) is 6.17. The predicted octanol–water partition coefficient (Wildman–Crippen LogP) is 2.24. The van der Waals surface area contributed by atoms with Gasteiger partial charge >= 0.3 is 0 Å². The molecule has 0 aliphatic carbocycles. The van der Waals surface area contributed by atoms with Crippen molar-refractivity contribution in [2.75, 3.05) is 0 Å². The fourth-order valence-electron chi connectivity index (χ4n) is 1.65. The molecule has 1 aromatic carbocycles. The molecule has 3 heteroatoms. The fraction of sp³-hybridized carbons (Fsp3) is 0.500. The molecule has 0 heterocycles. The van der Waals surface area contributed by atoms with E-state index in [1.165, 1.54) is 0 Å². The predicted molar refractivity (Wildman–Crippen MR) is 70.4 cm³/mol. The number of rotatable bonds is 5. The van der Waals surface area contributed by atoms with Crippen LogP contribution >= 0.6 is 0 Å². The third-order valence-corrected chi connectivity index (χ3v) is 3.22. The first-order valence-corrected chi connectivity index (χ1v) is 6.17. The topological polar surface area (TPSA) is 55.1 Å². The molecule has 3 N–H and O–H groups in total. The Balaban J connectivity index is 2.57. The van der Waals surface area contributed by atoms with Crippen LogP contribution < -0.4 is 11.1 Å². The third kappa shape index (κ3) is 3.86. The molecule has 17 heavy (non-hydrogen) atoms. The molecule has 3 unspecified atom stereocenters. The van der Waals surface area contributed by atoms with Crippen LogP contribution in [-0.2, 0) is 4.79 Å². The fourth-order valence-corrected chi connectivity index (χ4v) is 1.65. The second-order valence-electron chi connectivity index (χ2n) is 4.55. The van der Waals surface area contributed by atoms with Crippen molar-refractivity contribution in [3.8, 4) is 0 Å². The average Bonchev–Trinajstić information content (AvgIpc) is 2.37. The Morgan fingerprint density at radius 3 is 2.41 bits per heavy atom. The SMILES string of the molecule is CCC(C)C(N)C(=O)NC(C)c1ccccc1. The highest BCUT2D eigenvalue weighted by atomic mass is 16.2. The van der Waals surface area contributed by atoms with Gasteiger partial charge in [-0.25, -0.2) is 0 Å². The van der Waals surface area contributed by atoms with Crippen LogP contribution in [0.1, 0.15) is 38.8 Å². The smallest absolute Gasteiger partial charge is 0.237 e. The molecule has 0 spiro atoms. The van der Waals surface area contributed by atoms with E-state index in [-0.39, 0.29) is 17.9 Å². The lowest BCUT2D eigenvalue weighted by atomic mass is 9.98. The molecule has 0 aliphatic heterocycles. The number of hydrogen-bond donors (Lipinski definition) is 2. The summed E-state index contributed by atoms with van der Waals surface area (Å²) in [5, 5.41) is 2.95. The highest BCUT2D eigenvalue weighted by Crippen LogP contribution is 2.12. The van der Waals surface area contributed by atoms with Crippen molar-refractivity contribution in [2.45, 2.75) is 39.3 Å². The van der Waals surface area contributed by atoms with Gasteiger partial charge in [-0.2, -0.15) is 0 Å². The largest absolute Gasteiger partial charge is 0.348 e. The van der Waals surface area contributed by atoms with E-state index in [9.17, 15) is 4.79 Å². The number of hydrogen-bond acceptors (Lipinski definition) is 2. The maximum Gasteiger partial charge on any atom is 0.237 e. The minimum Gasteiger partial charge on any atom is -0.348 e. The monoisotopic (exact) mass is 234 g/mol. The summed E-state index contributed by atoms with van der Waals surface area (Å²) in [5.74, 6) is 0.133. The number of nitrogens with one attached hydrogen (secondary N) is 1. The molecule has 3 atom stereocenters. The molecule has 0 saturated carbocycles. The summed E-state index contributed by atoms with van der Waals surface area (Å²) in [6.07, 6.45) is 0.911. The summed E-state index contributed by atoms with van der Waals surface area (Å²) >= 11 is 0. The van der Waals surface area contributed by atoms with Crippen LogP contribution in [-0.4, -0.2) is 11.9 Å². The summed E-state index contributed by atoms with van der Waals surface area (Å²) in [7, 11) is 0. The van der Waals surface area contributed by atoms with Gasteiger partial charge in [0.2, 0.25) is 5.91 Å². The zero-order valence-electron chi connectivity index (χ0n) is 10.8. The zero-order valence-corrected chi connectivity index (χ0v) is 10.8. The first kappa shape index (κ1) is 13.7. The molecule has 94 valence electrons. The Bertz CT molecular complexity index is 350. The van der Waals surface area contributed by atoms with Gasteiger partial charge in [-0.05, 0) is 18.4 Å². The van der Waals surface area contributed by atoms with Gasteiger partial charge in [0.25, 0.3) is 0 Å². The number of carbonyl (C=O) groups is 1. The van der Waals surface area contributed by atoms with Crippen LogP contribution in [0.5, 0.6) is 0 Å². The number of nitrogens with two attached hydrogens (primary N) is 1. The van der Waals surface area contributed by atoms with Gasteiger partial charge in [0, 0.05) is 0 Å². The second-order valence-corrected chi connectivity index (χ2v) is 4.55. The van der Waals surface area contributed by atoms with Crippen molar-refractivity contribution < 1.29 is 4.79 Å². The average molecular weight is 234 g/mol. The lowest BCUT2D eigenvalue weighted by Crippen LogP contribution is -2.45. The lowest BCUT2D eigenvalue weighted by Gasteiger charge is -2.21. The van der Waals surface area contributed by atoms with E-state index < -0.39 is 6.04 Å². The Morgan fingerprint density at radius 2 is 1.88 bits per heavy atom. The Morgan fingerprint density at radius 1 is 1.29 bits per heavy atom. The number of amides is 1. The van der Waals surface area contributed by atoms with Crippen LogP contribution in [0.15, 0.2) is 30.3 Å². The maximum atomic E-state index is 11.9. The molecule has 1 rings (SSSR count). The van der Waals surface area contributed by atoms with Gasteiger partial charge < -0.3 is 11.1 Å². The molecular formula is C14H22N2O. The molecule has 0 radical (unpaired) electrons. The van der Waals surface area contributed by atoms with Crippen molar-refractivity contribution >= 4 is 5.91 Å². The van der Waals surface area contributed by atoms with Crippen molar-refractivity contribution in [3.05, 3.63) is 35.9 Å². The number of carbonyl (C=O) groups excluding carboxylic acids is 1. The van der Waals surface area contributed by atoms with E-state index >= 15 is 0 Å². The van der Waals surface area contributed by atoms with E-state index in [1.54, 1.807) is 0 Å². The van der Waals surface area contributed by atoms with Crippen molar-refractivity contribution in [1.82, 2.24) is 5.32 Å². The Kier molecular flexibility index (Phi) is 5.16. The van der Waals surface area contributed by atoms with Crippen LogP contribution in [0.2, 0.25) is 0 Å². The minimum atomic E-state index is -0.425. The molecule has 0 fully saturated rings. The lowest BCUT2D eigenvalue weighted by molar-refractivity contribution is -0.124. The normalized spacial score (nSPS) is 16.0. The van der Waals surface area contributed by atoms with Crippen molar-refractivity contribution in [3.63, 3.8) is 0 Å². The van der Waals surface area contributed by atoms with Crippen molar-refractivity contribution in [1.29, 1.82) is 0 Å². The molecular weight excluding hydrogens is 212 g/mol. The first-order chi connectivity index (χ1) is 8.06. The van der Waals surface area contributed by atoms with Gasteiger partial charge in [0.15, 0.2) is 0 Å². The van der Waals surface area contributed by atoms with Gasteiger partial charge in [-0.15, -0.1) is 0 Å². The van der Waals surface area contributed by atoms with Crippen LogP contribution in [0.4, 0.5) is 0 Å². The minimum absolute atomic E-state index is 0.00111. The molecule has 3 nitrogen and oxygen atoms in total. The van der Waals surface area contributed by atoms with E-state index in [1.807, 2.05) is 51.1 Å². The van der Waals surface area contributed by atoms with E-state index in [2.05, 4.69) is 5.32 Å². The van der Waals surface area contributed by atoms with Gasteiger partial charge in [0.05, 0.1) is 12.1 Å². The van der Waals surface area contributed by atoms with Crippen molar-refractivity contribution in [2.24, 2.45) is 11.7 Å². The van der Waals surface area contributed by atoms with Crippen LogP contribution in [0.3, 0.4) is 0 Å². The zero-order chi connectivity index (χ0) is 12.8. The van der Waals surface area contributed by atoms with E-state index in [4.69, 9.17) is 5.73 Å². The summed E-state index contributed by atoms with van der Waals surface area (Å²) in [6, 6.07) is 9.46. The summed E-state index contributed by atoms with van der Waals surface area (Å²) in [4.78, 5) is 11.9. The van der Waals surface area contributed by atoms with Gasteiger partial charge in [-0.1, -0.05) is 50.6 Å². The van der Waals surface area contributed by atoms with E-state index in [0.29, 0.717) is 0 Å². The summed E-state index contributed by atoms with van der Waals surface area (Å²) in [6.45, 7) is 6.01. The third-order valence-electron chi connectivity index (χ3n) is 3.22. The summed E-state index contributed by atoms with van der Waals surface area (Å²) < 4.78 is 0. The maximum absolute atomic E-state index is 11.9. The van der Waals surface area contributed by atoms with Crippen LogP contribution in [0, 0.1) is 5.92 Å². The molecule has 1 amide bonds. The van der Waals surface area contributed by atoms with Crippen LogP contribution in [0.25, 0.3) is 0 Å². The number of benzene rings is 1. The van der Waals surface area contributed by atoms with Gasteiger partial charge in [0.1, 0.15) is 0 Å². The Hall–Kier alpha value is -1.35. The van der Waals surface area contributed by atoms with Gasteiger partial charge in [-0.3, -0.25) is 4.79 Å². The molecule has 0 aliphatic rings. The molecule has 0 aromatic heterocycles. The Labute approximate surface area is 103 Å². The molecule has 0 saturated heterocycles. The standard InChI is InChI=1S/C14H22N2O/c1-4-10(2)13(15)14(17)16-11(3)12-8-6-5-7-9-12/h5-11,13H,4,15H2,1-3H3,(H,16,17). The molecule has 1 aromatic rings.